The molecule has 6 nitrogen and oxygen atoms in total. The Bertz CT molecular complexity index is 811. The number of nitrogens with two attached hydrogens (primary N) is 2. The van der Waals surface area contributed by atoms with Crippen LogP contribution in [0.15, 0.2) is 30.3 Å². The molecule has 2 aromatic rings. The van der Waals surface area contributed by atoms with E-state index in [1.807, 2.05) is 31.2 Å². The van der Waals surface area contributed by atoms with Gasteiger partial charge in [-0.3, -0.25) is 4.79 Å². The van der Waals surface area contributed by atoms with E-state index >= 15 is 0 Å². The van der Waals surface area contributed by atoms with Gasteiger partial charge in [-0.15, -0.1) is 0 Å². The Morgan fingerprint density at radius 1 is 1.23 bits per heavy atom. The van der Waals surface area contributed by atoms with Crippen LogP contribution in [0.3, 0.4) is 0 Å². The number of aryl methyl sites for hydroxylation is 1. The van der Waals surface area contributed by atoms with Crippen LogP contribution in [0.1, 0.15) is 41.6 Å². The summed E-state index contributed by atoms with van der Waals surface area (Å²) < 4.78 is 0. The normalized spacial score (nSPS) is 19.8. The van der Waals surface area contributed by atoms with Gasteiger partial charge in [0, 0.05) is 17.8 Å². The van der Waals surface area contributed by atoms with Gasteiger partial charge in [0.2, 0.25) is 0 Å². The van der Waals surface area contributed by atoms with Gasteiger partial charge in [-0.1, -0.05) is 36.6 Å². The molecule has 2 unspecified atom stereocenters. The Balaban J connectivity index is 1.92. The zero-order valence-electron chi connectivity index (χ0n) is 14.8. The Morgan fingerprint density at radius 2 is 2.00 bits per heavy atom. The summed E-state index contributed by atoms with van der Waals surface area (Å²) in [4.78, 5) is 16.4. The van der Waals surface area contributed by atoms with E-state index in [1.165, 1.54) is 0 Å². The molecule has 1 aromatic carbocycles. The molecule has 7 heteroatoms. The number of rotatable bonds is 5. The van der Waals surface area contributed by atoms with Gasteiger partial charge in [0.15, 0.2) is 0 Å². The molecule has 1 aliphatic rings. The van der Waals surface area contributed by atoms with Crippen molar-refractivity contribution in [1.82, 2.24) is 4.98 Å². The number of amides is 1. The molecule has 1 saturated carbocycles. The van der Waals surface area contributed by atoms with Crippen LogP contribution in [-0.4, -0.2) is 23.0 Å². The third-order valence-corrected chi connectivity index (χ3v) is 4.95. The fourth-order valence-electron chi connectivity index (χ4n) is 3.25. The molecule has 6 N–H and O–H groups in total. The Hall–Kier alpha value is -2.31. The maximum Gasteiger partial charge on any atom is 0.252 e. The van der Waals surface area contributed by atoms with E-state index in [-0.39, 0.29) is 17.6 Å². The van der Waals surface area contributed by atoms with Crippen molar-refractivity contribution in [2.45, 2.75) is 44.7 Å². The number of hydrogen-bond acceptors (Lipinski definition) is 5. The highest BCUT2D eigenvalue weighted by Crippen LogP contribution is 2.30. The molecule has 0 bridgehead atoms. The van der Waals surface area contributed by atoms with E-state index < -0.39 is 5.91 Å². The molecule has 1 aliphatic carbocycles. The summed E-state index contributed by atoms with van der Waals surface area (Å²) in [6, 6.07) is 9.50. The lowest BCUT2D eigenvalue weighted by molar-refractivity contribution is 0.100. The maximum absolute atomic E-state index is 11.8. The van der Waals surface area contributed by atoms with Crippen LogP contribution in [0.5, 0.6) is 0 Å². The fourth-order valence-corrected chi connectivity index (χ4v) is 3.45. The molecule has 1 aromatic heterocycles. The van der Waals surface area contributed by atoms with E-state index in [0.717, 1.165) is 36.9 Å². The lowest BCUT2D eigenvalue weighted by atomic mass is 9.91. The van der Waals surface area contributed by atoms with Crippen molar-refractivity contribution in [3.63, 3.8) is 0 Å². The minimum absolute atomic E-state index is 0.0608. The van der Waals surface area contributed by atoms with Crippen LogP contribution in [-0.2, 0) is 0 Å². The van der Waals surface area contributed by atoms with E-state index in [0.29, 0.717) is 16.7 Å². The Kier molecular flexibility index (Phi) is 5.64. The van der Waals surface area contributed by atoms with Crippen molar-refractivity contribution < 1.29 is 4.79 Å². The van der Waals surface area contributed by atoms with Crippen molar-refractivity contribution in [3.8, 4) is 0 Å². The van der Waals surface area contributed by atoms with Crippen molar-refractivity contribution in [1.29, 1.82) is 0 Å². The highest BCUT2D eigenvalue weighted by Gasteiger charge is 2.24. The van der Waals surface area contributed by atoms with Gasteiger partial charge in [0.1, 0.15) is 11.6 Å². The standard InChI is InChI=1S/C19H24ClN5O/c1-11-5-4-6-12(9-11)23-18-13(17(22)26)10-14(20)19(25-18)24-16-8-3-2-7-15(16)21/h4-6,9-10,15-16H,2-3,7-8,21H2,1H3,(H2,22,26)(H2,23,24,25). The van der Waals surface area contributed by atoms with Crippen molar-refractivity contribution in [2.75, 3.05) is 10.6 Å². The predicted octanol–water partition coefficient (Wildman–Crippen LogP) is 3.57. The first kappa shape index (κ1) is 18.5. The third kappa shape index (κ3) is 4.26. The van der Waals surface area contributed by atoms with Gasteiger partial charge in [0.05, 0.1) is 10.6 Å². The second kappa shape index (κ2) is 7.93. The van der Waals surface area contributed by atoms with E-state index in [4.69, 9.17) is 23.1 Å². The van der Waals surface area contributed by atoms with E-state index in [2.05, 4.69) is 15.6 Å². The second-order valence-electron chi connectivity index (χ2n) is 6.77. The van der Waals surface area contributed by atoms with Crippen LogP contribution in [0, 0.1) is 6.92 Å². The number of aromatic nitrogens is 1. The summed E-state index contributed by atoms with van der Waals surface area (Å²) in [5.41, 5.74) is 13.9. The highest BCUT2D eigenvalue weighted by atomic mass is 35.5. The van der Waals surface area contributed by atoms with E-state index in [9.17, 15) is 4.79 Å². The smallest absolute Gasteiger partial charge is 0.252 e. The number of carbonyl (C=O) groups excluding carboxylic acids is 1. The highest BCUT2D eigenvalue weighted by molar-refractivity contribution is 6.33. The number of hydrogen-bond donors (Lipinski definition) is 4. The lowest BCUT2D eigenvalue weighted by Gasteiger charge is -2.30. The molecule has 2 atom stereocenters. The van der Waals surface area contributed by atoms with Crippen molar-refractivity contribution in [2.24, 2.45) is 11.5 Å². The first-order valence-electron chi connectivity index (χ1n) is 8.80. The molecule has 0 aliphatic heterocycles. The molecular weight excluding hydrogens is 350 g/mol. The van der Waals surface area contributed by atoms with Crippen LogP contribution in [0.25, 0.3) is 0 Å². The zero-order chi connectivity index (χ0) is 18.7. The average Bonchev–Trinajstić information content (AvgIpc) is 2.59. The fraction of sp³-hybridized carbons (Fsp3) is 0.368. The predicted molar refractivity (Wildman–Crippen MR) is 106 cm³/mol. The number of nitrogens with one attached hydrogen (secondary N) is 2. The van der Waals surface area contributed by atoms with E-state index in [1.54, 1.807) is 6.07 Å². The molecule has 138 valence electrons. The largest absolute Gasteiger partial charge is 0.365 e. The van der Waals surface area contributed by atoms with Gasteiger partial charge in [0.25, 0.3) is 5.91 Å². The van der Waals surface area contributed by atoms with Crippen LogP contribution in [0.4, 0.5) is 17.3 Å². The van der Waals surface area contributed by atoms with Gasteiger partial charge in [-0.2, -0.15) is 0 Å². The Labute approximate surface area is 158 Å². The first-order chi connectivity index (χ1) is 12.4. The summed E-state index contributed by atoms with van der Waals surface area (Å²) in [7, 11) is 0. The number of pyridine rings is 1. The molecule has 3 rings (SSSR count). The first-order valence-corrected chi connectivity index (χ1v) is 9.18. The molecule has 0 saturated heterocycles. The number of anilines is 3. The summed E-state index contributed by atoms with van der Waals surface area (Å²) >= 11 is 6.34. The SMILES string of the molecule is Cc1cccc(Nc2nc(NC3CCCCC3N)c(Cl)cc2C(N)=O)c1. The summed E-state index contributed by atoms with van der Waals surface area (Å²) in [6.45, 7) is 1.99. The molecule has 26 heavy (non-hydrogen) atoms. The topological polar surface area (TPSA) is 106 Å². The number of benzene rings is 1. The second-order valence-corrected chi connectivity index (χ2v) is 7.18. The zero-order valence-corrected chi connectivity index (χ0v) is 15.5. The molecule has 1 amide bonds. The number of carbonyl (C=O) groups is 1. The summed E-state index contributed by atoms with van der Waals surface area (Å²) in [5.74, 6) is 0.295. The lowest BCUT2D eigenvalue weighted by Crippen LogP contribution is -2.42. The summed E-state index contributed by atoms with van der Waals surface area (Å²) in [5, 5.41) is 6.86. The molecule has 1 fully saturated rings. The summed E-state index contributed by atoms with van der Waals surface area (Å²) in [6.07, 6.45) is 4.21. The Morgan fingerprint density at radius 3 is 2.69 bits per heavy atom. The quantitative estimate of drug-likeness (QED) is 0.641. The van der Waals surface area contributed by atoms with Crippen LogP contribution in [0.2, 0.25) is 5.02 Å². The third-order valence-electron chi connectivity index (χ3n) is 4.66. The minimum atomic E-state index is -0.588. The monoisotopic (exact) mass is 373 g/mol. The molecule has 0 spiro atoms. The van der Waals surface area contributed by atoms with Crippen molar-refractivity contribution in [3.05, 3.63) is 46.5 Å². The van der Waals surface area contributed by atoms with Crippen LogP contribution < -0.4 is 22.1 Å². The number of nitrogens with zero attached hydrogens (tertiary/aromatic N) is 1. The minimum Gasteiger partial charge on any atom is -0.365 e. The van der Waals surface area contributed by atoms with Gasteiger partial charge >= 0.3 is 0 Å². The molecule has 0 radical (unpaired) electrons. The number of primary amides is 1. The number of halogens is 1. The van der Waals surface area contributed by atoms with Gasteiger partial charge in [-0.05, 0) is 43.5 Å². The molecule has 1 heterocycles. The van der Waals surface area contributed by atoms with Crippen LogP contribution >= 0.6 is 11.6 Å². The molecular formula is C19H24ClN5O. The maximum atomic E-state index is 11.8. The van der Waals surface area contributed by atoms with Gasteiger partial charge in [-0.25, -0.2) is 4.98 Å². The van der Waals surface area contributed by atoms with Gasteiger partial charge < -0.3 is 22.1 Å². The average molecular weight is 374 g/mol. The van der Waals surface area contributed by atoms with Crippen molar-refractivity contribution >= 4 is 34.8 Å².